The number of carboxylic acids is 1. The molecule has 108 valence electrons. The zero-order chi connectivity index (χ0) is 15.3. The third-order valence-electron chi connectivity index (χ3n) is 2.43. The minimum atomic E-state index is -0.996. The highest BCUT2D eigenvalue weighted by atomic mass is 35.5. The van der Waals surface area contributed by atoms with Crippen molar-refractivity contribution in [3.05, 3.63) is 40.7 Å². The minimum Gasteiger partial charge on any atom is -0.481 e. The van der Waals surface area contributed by atoms with Crippen LogP contribution in [0, 0.1) is 5.82 Å². The number of carbonyl (C=O) groups is 2. The van der Waals surface area contributed by atoms with Gasteiger partial charge in [0.15, 0.2) is 0 Å². The summed E-state index contributed by atoms with van der Waals surface area (Å²) in [4.78, 5) is 22.3. The highest BCUT2D eigenvalue weighted by Crippen LogP contribution is 2.17. The topological polar surface area (TPSA) is 66.4 Å². The molecule has 0 fully saturated rings. The molecule has 0 saturated heterocycles. The number of halogens is 2. The Bertz CT molecular complexity index is 555. The molecule has 0 aliphatic heterocycles. The molecule has 0 spiro atoms. The number of carboxylic acid groups (broad SMARTS) is 1. The van der Waals surface area contributed by atoms with Gasteiger partial charge in [0.25, 0.3) is 0 Å². The molecule has 0 heterocycles. The molecule has 1 aromatic rings. The zero-order valence-corrected chi connectivity index (χ0v) is 11.9. The van der Waals surface area contributed by atoms with Crippen LogP contribution in [-0.2, 0) is 9.59 Å². The first-order chi connectivity index (χ1) is 9.19. The fraction of sp³-hybridized carbons (Fsp3) is 0.286. The molecule has 0 aromatic heterocycles. The monoisotopic (exact) mass is 299 g/mol. The van der Waals surface area contributed by atoms with Gasteiger partial charge in [-0.1, -0.05) is 17.7 Å². The number of carbonyl (C=O) groups excluding carboxylic acids is 1. The molecule has 6 heteroatoms. The Labute approximate surface area is 121 Å². The van der Waals surface area contributed by atoms with Crippen molar-refractivity contribution in [2.75, 3.05) is 0 Å². The lowest BCUT2D eigenvalue weighted by molar-refractivity contribution is -0.138. The fourth-order valence-electron chi connectivity index (χ4n) is 1.59. The van der Waals surface area contributed by atoms with Crippen molar-refractivity contribution in [2.24, 2.45) is 0 Å². The Morgan fingerprint density at radius 3 is 2.65 bits per heavy atom. The van der Waals surface area contributed by atoms with Gasteiger partial charge in [0, 0.05) is 11.6 Å². The standard InChI is InChI=1S/C14H15ClFNO3/c1-14(2,8-13(19)20)17-12(18)6-4-9-3-5-11(16)10(15)7-9/h3-7H,8H2,1-2H3,(H,17,18)(H,19,20). The lowest BCUT2D eigenvalue weighted by Gasteiger charge is -2.23. The van der Waals surface area contributed by atoms with Gasteiger partial charge >= 0.3 is 5.97 Å². The molecule has 0 bridgehead atoms. The number of hydrogen-bond donors (Lipinski definition) is 2. The van der Waals surface area contributed by atoms with Crippen molar-refractivity contribution < 1.29 is 19.1 Å². The van der Waals surface area contributed by atoms with Crippen molar-refractivity contribution >= 4 is 29.6 Å². The number of rotatable bonds is 5. The molecule has 0 saturated carbocycles. The smallest absolute Gasteiger partial charge is 0.305 e. The van der Waals surface area contributed by atoms with Gasteiger partial charge in [-0.25, -0.2) is 4.39 Å². The van der Waals surface area contributed by atoms with E-state index < -0.39 is 23.2 Å². The summed E-state index contributed by atoms with van der Waals surface area (Å²) in [5.41, 5.74) is -0.282. The summed E-state index contributed by atoms with van der Waals surface area (Å²) in [6.07, 6.45) is 2.53. The molecule has 20 heavy (non-hydrogen) atoms. The van der Waals surface area contributed by atoms with Gasteiger partial charge in [-0.05, 0) is 37.6 Å². The minimum absolute atomic E-state index is 0.0289. The zero-order valence-electron chi connectivity index (χ0n) is 11.1. The Balaban J connectivity index is 2.68. The average molecular weight is 300 g/mol. The quantitative estimate of drug-likeness (QED) is 0.822. The summed E-state index contributed by atoms with van der Waals surface area (Å²) in [5, 5.41) is 11.2. The first kappa shape index (κ1) is 16.2. The summed E-state index contributed by atoms with van der Waals surface area (Å²) < 4.78 is 13.0. The van der Waals surface area contributed by atoms with Crippen molar-refractivity contribution in [3.8, 4) is 0 Å². The van der Waals surface area contributed by atoms with Crippen LogP contribution in [0.25, 0.3) is 6.08 Å². The van der Waals surface area contributed by atoms with E-state index in [1.807, 2.05) is 0 Å². The maximum Gasteiger partial charge on any atom is 0.305 e. The van der Waals surface area contributed by atoms with Crippen molar-refractivity contribution in [3.63, 3.8) is 0 Å². The first-order valence-electron chi connectivity index (χ1n) is 5.87. The number of benzene rings is 1. The molecule has 0 aliphatic rings. The lowest BCUT2D eigenvalue weighted by Crippen LogP contribution is -2.44. The Morgan fingerprint density at radius 1 is 1.45 bits per heavy atom. The Kier molecular flexibility index (Phi) is 5.27. The third-order valence-corrected chi connectivity index (χ3v) is 2.72. The van der Waals surface area contributed by atoms with Crippen LogP contribution in [0.4, 0.5) is 4.39 Å². The van der Waals surface area contributed by atoms with Gasteiger partial charge in [-0.2, -0.15) is 0 Å². The van der Waals surface area contributed by atoms with Gasteiger partial charge < -0.3 is 10.4 Å². The van der Waals surface area contributed by atoms with Gasteiger partial charge in [0.05, 0.1) is 11.4 Å². The second kappa shape index (κ2) is 6.52. The molecule has 1 amide bonds. The van der Waals surface area contributed by atoms with Gasteiger partial charge in [-0.15, -0.1) is 0 Å². The van der Waals surface area contributed by atoms with E-state index in [0.29, 0.717) is 5.56 Å². The van der Waals surface area contributed by atoms with E-state index in [1.54, 1.807) is 13.8 Å². The predicted octanol–water partition coefficient (Wildman–Crippen LogP) is 2.86. The van der Waals surface area contributed by atoms with Gasteiger partial charge in [-0.3, -0.25) is 9.59 Å². The normalized spacial score (nSPS) is 11.6. The van der Waals surface area contributed by atoms with E-state index in [-0.39, 0.29) is 11.4 Å². The van der Waals surface area contributed by atoms with Crippen LogP contribution < -0.4 is 5.32 Å². The number of amides is 1. The Hall–Kier alpha value is -1.88. The molecule has 2 N–H and O–H groups in total. The SMILES string of the molecule is CC(C)(CC(=O)O)NC(=O)C=Cc1ccc(F)c(Cl)c1. The number of nitrogens with one attached hydrogen (secondary N) is 1. The molecule has 0 radical (unpaired) electrons. The van der Waals surface area contributed by atoms with Gasteiger partial charge in [0.2, 0.25) is 5.91 Å². The summed E-state index contributed by atoms with van der Waals surface area (Å²) in [6, 6.07) is 4.07. The largest absolute Gasteiger partial charge is 0.481 e. The summed E-state index contributed by atoms with van der Waals surface area (Å²) in [5.74, 6) is -1.96. The molecule has 4 nitrogen and oxygen atoms in total. The maximum atomic E-state index is 13.0. The van der Waals surface area contributed by atoms with Crippen LogP contribution in [0.2, 0.25) is 5.02 Å². The van der Waals surface area contributed by atoms with Crippen LogP contribution >= 0.6 is 11.6 Å². The van der Waals surface area contributed by atoms with Crippen LogP contribution in [0.3, 0.4) is 0 Å². The van der Waals surface area contributed by atoms with Crippen LogP contribution in [0.1, 0.15) is 25.8 Å². The average Bonchev–Trinajstić information content (AvgIpc) is 2.28. The Morgan fingerprint density at radius 2 is 2.10 bits per heavy atom. The molecule has 1 aromatic carbocycles. The van der Waals surface area contributed by atoms with Crippen molar-refractivity contribution in [1.29, 1.82) is 0 Å². The number of hydrogen-bond acceptors (Lipinski definition) is 2. The highest BCUT2D eigenvalue weighted by molar-refractivity contribution is 6.30. The lowest BCUT2D eigenvalue weighted by atomic mass is 10.0. The van der Waals surface area contributed by atoms with Crippen molar-refractivity contribution in [1.82, 2.24) is 5.32 Å². The second-order valence-electron chi connectivity index (χ2n) is 4.95. The van der Waals surface area contributed by atoms with E-state index in [1.165, 1.54) is 30.4 Å². The van der Waals surface area contributed by atoms with Gasteiger partial charge in [0.1, 0.15) is 5.82 Å². The van der Waals surface area contributed by atoms with E-state index in [0.717, 1.165) is 0 Å². The first-order valence-corrected chi connectivity index (χ1v) is 6.24. The fourth-order valence-corrected chi connectivity index (χ4v) is 1.77. The predicted molar refractivity (Wildman–Crippen MR) is 74.9 cm³/mol. The van der Waals surface area contributed by atoms with E-state index in [9.17, 15) is 14.0 Å². The third kappa shape index (κ3) is 5.40. The molecule has 0 unspecified atom stereocenters. The highest BCUT2D eigenvalue weighted by Gasteiger charge is 2.22. The molecule has 0 atom stereocenters. The van der Waals surface area contributed by atoms with Crippen molar-refractivity contribution in [2.45, 2.75) is 25.8 Å². The second-order valence-corrected chi connectivity index (χ2v) is 5.36. The molecular weight excluding hydrogens is 285 g/mol. The summed E-state index contributed by atoms with van der Waals surface area (Å²) in [7, 11) is 0. The van der Waals surface area contributed by atoms with E-state index in [4.69, 9.17) is 16.7 Å². The molecule has 0 aliphatic carbocycles. The summed E-state index contributed by atoms with van der Waals surface area (Å²) >= 11 is 5.62. The van der Waals surface area contributed by atoms with Crippen LogP contribution in [0.15, 0.2) is 24.3 Å². The van der Waals surface area contributed by atoms with E-state index in [2.05, 4.69) is 5.32 Å². The van der Waals surface area contributed by atoms with Crippen LogP contribution in [0.5, 0.6) is 0 Å². The van der Waals surface area contributed by atoms with E-state index >= 15 is 0 Å². The van der Waals surface area contributed by atoms with Crippen LogP contribution in [-0.4, -0.2) is 22.5 Å². The summed E-state index contributed by atoms with van der Waals surface area (Å²) in [6.45, 7) is 3.23. The molecular formula is C14H15ClFNO3. The molecule has 1 rings (SSSR count). The maximum absolute atomic E-state index is 13.0. The number of aliphatic carboxylic acids is 1.